The molecular formula is C13H26N2O. The van der Waals surface area contributed by atoms with Crippen LogP contribution in [-0.4, -0.2) is 43.8 Å². The van der Waals surface area contributed by atoms with E-state index in [0.29, 0.717) is 11.5 Å². The molecule has 0 aromatic carbocycles. The predicted molar refractivity (Wildman–Crippen MR) is 66.4 cm³/mol. The third-order valence-corrected chi connectivity index (χ3v) is 4.12. The van der Waals surface area contributed by atoms with Crippen molar-refractivity contribution in [2.24, 2.45) is 11.1 Å². The zero-order chi connectivity index (χ0) is 11.4. The second-order valence-electron chi connectivity index (χ2n) is 5.50. The van der Waals surface area contributed by atoms with Crippen molar-refractivity contribution >= 4 is 0 Å². The Morgan fingerprint density at radius 1 is 1.44 bits per heavy atom. The number of likely N-dealkylation sites (N-methyl/N-ethyl adjacent to an activating group) is 1. The first-order valence-corrected chi connectivity index (χ1v) is 6.82. The Labute approximate surface area is 99.3 Å². The Morgan fingerprint density at radius 2 is 2.25 bits per heavy atom. The molecule has 1 saturated heterocycles. The number of hydrogen-bond acceptors (Lipinski definition) is 3. The molecule has 1 unspecified atom stereocenters. The molecule has 3 heteroatoms. The number of nitrogens with two attached hydrogens (primary N) is 1. The smallest absolute Gasteiger partial charge is 0.0702 e. The third-order valence-electron chi connectivity index (χ3n) is 4.12. The summed E-state index contributed by atoms with van der Waals surface area (Å²) in [6, 6.07) is 0. The molecule has 2 rings (SSSR count). The summed E-state index contributed by atoms with van der Waals surface area (Å²) in [7, 11) is 0. The van der Waals surface area contributed by atoms with E-state index in [9.17, 15) is 0 Å². The molecule has 2 fully saturated rings. The average Bonchev–Trinajstić information content (AvgIpc) is 2.84. The van der Waals surface area contributed by atoms with Crippen LogP contribution in [0.2, 0.25) is 0 Å². The van der Waals surface area contributed by atoms with Gasteiger partial charge in [0.1, 0.15) is 0 Å². The maximum Gasteiger partial charge on any atom is 0.0702 e. The topological polar surface area (TPSA) is 38.5 Å². The van der Waals surface area contributed by atoms with Crippen molar-refractivity contribution in [1.82, 2.24) is 4.90 Å². The molecule has 1 atom stereocenters. The van der Waals surface area contributed by atoms with Crippen molar-refractivity contribution < 1.29 is 4.74 Å². The summed E-state index contributed by atoms with van der Waals surface area (Å²) in [5, 5.41) is 0. The highest BCUT2D eigenvalue weighted by Crippen LogP contribution is 2.49. The quantitative estimate of drug-likeness (QED) is 0.717. The molecule has 0 spiro atoms. The summed E-state index contributed by atoms with van der Waals surface area (Å²) >= 11 is 0. The molecule has 0 aromatic heterocycles. The van der Waals surface area contributed by atoms with Gasteiger partial charge in [-0.25, -0.2) is 0 Å². The molecule has 1 aliphatic carbocycles. The Morgan fingerprint density at radius 3 is 2.75 bits per heavy atom. The summed E-state index contributed by atoms with van der Waals surface area (Å²) in [5.41, 5.74) is 6.26. The molecule has 16 heavy (non-hydrogen) atoms. The van der Waals surface area contributed by atoms with Gasteiger partial charge in [0.2, 0.25) is 0 Å². The van der Waals surface area contributed by atoms with Crippen LogP contribution in [0.1, 0.15) is 39.0 Å². The van der Waals surface area contributed by atoms with E-state index < -0.39 is 0 Å². The summed E-state index contributed by atoms with van der Waals surface area (Å²) < 4.78 is 5.71. The second-order valence-corrected chi connectivity index (χ2v) is 5.50. The standard InChI is InChI=1S/C13H26N2O/c1-2-15(10-12-4-3-9-16-12)11-13(5-6-13)7-8-14/h12H,2-11,14H2,1H3. The van der Waals surface area contributed by atoms with E-state index in [1.807, 2.05) is 0 Å². The van der Waals surface area contributed by atoms with Gasteiger partial charge in [-0.15, -0.1) is 0 Å². The molecule has 94 valence electrons. The van der Waals surface area contributed by atoms with Gasteiger partial charge in [0.25, 0.3) is 0 Å². The van der Waals surface area contributed by atoms with Gasteiger partial charge in [-0.2, -0.15) is 0 Å². The van der Waals surface area contributed by atoms with Crippen molar-refractivity contribution in [1.29, 1.82) is 0 Å². The molecule has 2 N–H and O–H groups in total. The first-order chi connectivity index (χ1) is 7.78. The van der Waals surface area contributed by atoms with Gasteiger partial charge < -0.3 is 15.4 Å². The minimum Gasteiger partial charge on any atom is -0.377 e. The van der Waals surface area contributed by atoms with E-state index in [1.54, 1.807) is 0 Å². The van der Waals surface area contributed by atoms with Crippen LogP contribution in [0.25, 0.3) is 0 Å². The predicted octanol–water partition coefficient (Wildman–Crippen LogP) is 1.62. The van der Waals surface area contributed by atoms with E-state index in [0.717, 1.165) is 26.2 Å². The van der Waals surface area contributed by atoms with Gasteiger partial charge in [-0.3, -0.25) is 0 Å². The first-order valence-electron chi connectivity index (χ1n) is 6.82. The fraction of sp³-hybridized carbons (Fsp3) is 1.00. The first kappa shape index (κ1) is 12.3. The zero-order valence-corrected chi connectivity index (χ0v) is 10.6. The van der Waals surface area contributed by atoms with Crippen molar-refractivity contribution in [2.45, 2.75) is 45.1 Å². The van der Waals surface area contributed by atoms with Crippen LogP contribution in [0.4, 0.5) is 0 Å². The van der Waals surface area contributed by atoms with E-state index in [1.165, 1.54) is 38.6 Å². The second kappa shape index (κ2) is 5.48. The number of hydrogen-bond donors (Lipinski definition) is 1. The third kappa shape index (κ3) is 3.19. The SMILES string of the molecule is CCN(CC1CCCO1)CC1(CCN)CC1. The van der Waals surface area contributed by atoms with Crippen LogP contribution >= 0.6 is 0 Å². The minimum atomic E-state index is 0.494. The van der Waals surface area contributed by atoms with Crippen LogP contribution in [0, 0.1) is 5.41 Å². The molecule has 0 amide bonds. The summed E-state index contributed by atoms with van der Waals surface area (Å²) in [5.74, 6) is 0. The molecule has 0 aromatic rings. The molecule has 2 aliphatic rings. The van der Waals surface area contributed by atoms with Crippen LogP contribution < -0.4 is 5.73 Å². The van der Waals surface area contributed by atoms with Crippen molar-refractivity contribution in [3.8, 4) is 0 Å². The van der Waals surface area contributed by atoms with Crippen LogP contribution in [-0.2, 0) is 4.74 Å². The van der Waals surface area contributed by atoms with Crippen LogP contribution in [0.5, 0.6) is 0 Å². The van der Waals surface area contributed by atoms with Crippen molar-refractivity contribution in [3.63, 3.8) is 0 Å². The molecule has 0 radical (unpaired) electrons. The lowest BCUT2D eigenvalue weighted by molar-refractivity contribution is 0.0671. The zero-order valence-electron chi connectivity index (χ0n) is 10.6. The van der Waals surface area contributed by atoms with Crippen molar-refractivity contribution in [2.75, 3.05) is 32.8 Å². The molecule has 0 bridgehead atoms. The van der Waals surface area contributed by atoms with Crippen LogP contribution in [0.3, 0.4) is 0 Å². The Balaban J connectivity index is 1.76. The molecule has 3 nitrogen and oxygen atoms in total. The Kier molecular flexibility index (Phi) is 4.22. The fourth-order valence-electron chi connectivity index (χ4n) is 2.83. The largest absolute Gasteiger partial charge is 0.377 e. The maximum atomic E-state index is 5.71. The lowest BCUT2D eigenvalue weighted by Crippen LogP contribution is -2.37. The summed E-state index contributed by atoms with van der Waals surface area (Å²) in [6.45, 7) is 7.58. The maximum absolute atomic E-state index is 5.71. The normalized spacial score (nSPS) is 27.6. The van der Waals surface area contributed by atoms with E-state index in [-0.39, 0.29) is 0 Å². The van der Waals surface area contributed by atoms with Gasteiger partial charge in [0.05, 0.1) is 6.10 Å². The summed E-state index contributed by atoms with van der Waals surface area (Å²) in [4.78, 5) is 2.57. The number of nitrogens with zero attached hydrogens (tertiary/aromatic N) is 1. The van der Waals surface area contributed by atoms with E-state index in [2.05, 4.69) is 11.8 Å². The lowest BCUT2D eigenvalue weighted by atomic mass is 10.0. The van der Waals surface area contributed by atoms with E-state index >= 15 is 0 Å². The Hall–Kier alpha value is -0.120. The van der Waals surface area contributed by atoms with Crippen LogP contribution in [0.15, 0.2) is 0 Å². The molecular weight excluding hydrogens is 200 g/mol. The monoisotopic (exact) mass is 226 g/mol. The highest BCUT2D eigenvalue weighted by Gasteiger charge is 2.42. The fourth-order valence-corrected chi connectivity index (χ4v) is 2.83. The average molecular weight is 226 g/mol. The summed E-state index contributed by atoms with van der Waals surface area (Å²) in [6.07, 6.45) is 6.96. The highest BCUT2D eigenvalue weighted by atomic mass is 16.5. The van der Waals surface area contributed by atoms with Gasteiger partial charge in [-0.1, -0.05) is 6.92 Å². The molecule has 1 heterocycles. The lowest BCUT2D eigenvalue weighted by Gasteiger charge is -2.28. The molecule has 1 saturated carbocycles. The number of ether oxygens (including phenoxy) is 1. The minimum absolute atomic E-state index is 0.494. The van der Waals surface area contributed by atoms with Crippen molar-refractivity contribution in [3.05, 3.63) is 0 Å². The van der Waals surface area contributed by atoms with Gasteiger partial charge in [0.15, 0.2) is 0 Å². The Bertz CT molecular complexity index is 210. The van der Waals surface area contributed by atoms with Gasteiger partial charge in [0, 0.05) is 19.7 Å². The highest BCUT2D eigenvalue weighted by molar-refractivity contribution is 4.95. The van der Waals surface area contributed by atoms with Gasteiger partial charge >= 0.3 is 0 Å². The molecule has 1 aliphatic heterocycles. The number of rotatable bonds is 7. The van der Waals surface area contributed by atoms with E-state index in [4.69, 9.17) is 10.5 Å². The van der Waals surface area contributed by atoms with Gasteiger partial charge in [-0.05, 0) is 50.6 Å².